The Morgan fingerprint density at radius 2 is 0.960 bits per heavy atom. The van der Waals surface area contributed by atoms with Crippen LogP contribution in [0.1, 0.15) is 124 Å². The van der Waals surface area contributed by atoms with Gasteiger partial charge in [-0.05, 0) is 19.3 Å². The van der Waals surface area contributed by atoms with Crippen molar-refractivity contribution < 1.29 is 13.0 Å². The van der Waals surface area contributed by atoms with Crippen molar-refractivity contribution in [3.8, 4) is 0 Å². The van der Waals surface area contributed by atoms with E-state index >= 15 is 0 Å². The van der Waals surface area contributed by atoms with E-state index in [1.54, 1.807) is 6.92 Å². The predicted octanol–water partition coefficient (Wildman–Crippen LogP) is 7.16. The molecule has 0 saturated heterocycles. The van der Waals surface area contributed by atoms with Gasteiger partial charge in [-0.2, -0.15) is 8.42 Å². The van der Waals surface area contributed by atoms with Crippen LogP contribution in [0.4, 0.5) is 0 Å². The molecular formula is C21H44O3S. The first-order valence-electron chi connectivity index (χ1n) is 10.9. The summed E-state index contributed by atoms with van der Waals surface area (Å²) in [4.78, 5) is 0. The third-order valence-corrected chi connectivity index (χ3v) is 6.94. The summed E-state index contributed by atoms with van der Waals surface area (Å²) in [6.45, 7) is 5.79. The average Bonchev–Trinajstić information content (AvgIpc) is 2.56. The first-order valence-corrected chi connectivity index (χ1v) is 12.4. The molecule has 1 N–H and O–H groups in total. The van der Waals surface area contributed by atoms with Crippen LogP contribution in [-0.2, 0) is 10.1 Å². The van der Waals surface area contributed by atoms with E-state index in [2.05, 4.69) is 6.92 Å². The molecule has 0 aromatic heterocycles. The lowest BCUT2D eigenvalue weighted by molar-refractivity contribution is 0.417. The second kappa shape index (κ2) is 16.1. The highest BCUT2D eigenvalue weighted by Crippen LogP contribution is 2.19. The maximum absolute atomic E-state index is 11.1. The zero-order valence-electron chi connectivity index (χ0n) is 17.1. The van der Waals surface area contributed by atoms with Crippen molar-refractivity contribution in [2.24, 2.45) is 5.92 Å². The van der Waals surface area contributed by atoms with E-state index in [0.717, 1.165) is 12.8 Å². The van der Waals surface area contributed by atoms with Crippen LogP contribution in [-0.4, -0.2) is 18.2 Å². The summed E-state index contributed by atoms with van der Waals surface area (Å²) in [5.74, 6) is 0.0389. The van der Waals surface area contributed by atoms with Gasteiger partial charge in [0.15, 0.2) is 0 Å². The van der Waals surface area contributed by atoms with Crippen LogP contribution < -0.4 is 0 Å². The standard InChI is InChI=1S/C21H44O3S/c1-4-5-6-7-8-9-10-11-12-13-14-15-16-17-18-19-20(2)21(3)25(22,23)24/h20-21H,4-19H2,1-3H3,(H,22,23,24). The molecule has 4 heteroatoms. The minimum absolute atomic E-state index is 0.0389. The maximum atomic E-state index is 11.1. The Morgan fingerprint density at radius 3 is 1.28 bits per heavy atom. The zero-order chi connectivity index (χ0) is 19.0. The molecule has 152 valence electrons. The largest absolute Gasteiger partial charge is 0.285 e. The molecule has 0 spiro atoms. The molecule has 0 aromatic rings. The third-order valence-electron chi connectivity index (χ3n) is 5.53. The van der Waals surface area contributed by atoms with Gasteiger partial charge < -0.3 is 0 Å². The highest BCUT2D eigenvalue weighted by molar-refractivity contribution is 7.86. The van der Waals surface area contributed by atoms with Crippen molar-refractivity contribution in [2.75, 3.05) is 0 Å². The van der Waals surface area contributed by atoms with E-state index in [1.807, 2.05) is 6.92 Å². The van der Waals surface area contributed by atoms with Gasteiger partial charge in [0.2, 0.25) is 0 Å². The van der Waals surface area contributed by atoms with Crippen molar-refractivity contribution >= 4 is 10.1 Å². The van der Waals surface area contributed by atoms with Gasteiger partial charge in [-0.1, -0.05) is 110 Å². The van der Waals surface area contributed by atoms with Gasteiger partial charge in [-0.25, -0.2) is 0 Å². The fourth-order valence-corrected chi connectivity index (χ4v) is 4.09. The Bertz CT molecular complexity index is 379. The molecule has 0 saturated carbocycles. The second-order valence-electron chi connectivity index (χ2n) is 7.94. The van der Waals surface area contributed by atoms with Gasteiger partial charge in [0.1, 0.15) is 0 Å². The Balaban J connectivity index is 3.27. The topological polar surface area (TPSA) is 54.4 Å². The van der Waals surface area contributed by atoms with Crippen LogP contribution in [0.25, 0.3) is 0 Å². The second-order valence-corrected chi connectivity index (χ2v) is 9.71. The lowest BCUT2D eigenvalue weighted by atomic mass is 9.99. The van der Waals surface area contributed by atoms with Gasteiger partial charge in [-0.3, -0.25) is 4.55 Å². The lowest BCUT2D eigenvalue weighted by Crippen LogP contribution is -2.24. The molecule has 0 bridgehead atoms. The molecule has 0 heterocycles. The van der Waals surface area contributed by atoms with Crippen LogP contribution >= 0.6 is 0 Å². The highest BCUT2D eigenvalue weighted by atomic mass is 32.2. The van der Waals surface area contributed by atoms with Crippen molar-refractivity contribution in [2.45, 2.75) is 129 Å². The van der Waals surface area contributed by atoms with E-state index in [1.165, 1.54) is 89.9 Å². The molecule has 0 aromatic carbocycles. The van der Waals surface area contributed by atoms with Gasteiger partial charge in [0.25, 0.3) is 10.1 Å². The Hall–Kier alpha value is -0.0900. The van der Waals surface area contributed by atoms with Crippen molar-refractivity contribution in [3.05, 3.63) is 0 Å². The van der Waals surface area contributed by atoms with Gasteiger partial charge in [0.05, 0.1) is 5.25 Å². The number of hydrogen-bond acceptors (Lipinski definition) is 2. The molecule has 25 heavy (non-hydrogen) atoms. The van der Waals surface area contributed by atoms with Crippen molar-refractivity contribution in [3.63, 3.8) is 0 Å². The molecule has 0 aliphatic carbocycles. The number of unbranched alkanes of at least 4 members (excludes halogenated alkanes) is 14. The van der Waals surface area contributed by atoms with E-state index in [4.69, 9.17) is 4.55 Å². The molecule has 0 fully saturated rings. The smallest absolute Gasteiger partial charge is 0.267 e. The normalized spacial score (nSPS) is 14.6. The summed E-state index contributed by atoms with van der Waals surface area (Å²) in [6, 6.07) is 0. The summed E-state index contributed by atoms with van der Waals surface area (Å²) in [7, 11) is -3.87. The van der Waals surface area contributed by atoms with Crippen molar-refractivity contribution in [1.29, 1.82) is 0 Å². The maximum Gasteiger partial charge on any atom is 0.267 e. The van der Waals surface area contributed by atoms with Gasteiger partial charge in [-0.15, -0.1) is 0 Å². The van der Waals surface area contributed by atoms with Crippen LogP contribution in [0.3, 0.4) is 0 Å². The minimum atomic E-state index is -3.87. The highest BCUT2D eigenvalue weighted by Gasteiger charge is 2.23. The quantitative estimate of drug-likeness (QED) is 0.204. The molecule has 0 amide bonds. The van der Waals surface area contributed by atoms with E-state index < -0.39 is 15.4 Å². The SMILES string of the molecule is CCCCCCCCCCCCCCCCCC(C)C(C)S(=O)(=O)O. The monoisotopic (exact) mass is 376 g/mol. The summed E-state index contributed by atoms with van der Waals surface area (Å²) < 4.78 is 31.2. The Kier molecular flexibility index (Phi) is 16.1. The molecule has 0 aliphatic heterocycles. The first-order chi connectivity index (χ1) is 11.9. The molecule has 0 rings (SSSR count). The lowest BCUT2D eigenvalue weighted by Gasteiger charge is -2.16. The van der Waals surface area contributed by atoms with Crippen molar-refractivity contribution in [1.82, 2.24) is 0 Å². The number of rotatable bonds is 18. The van der Waals surface area contributed by atoms with Crippen LogP contribution in [0.5, 0.6) is 0 Å². The fraction of sp³-hybridized carbons (Fsp3) is 1.00. The number of hydrogen-bond donors (Lipinski definition) is 1. The van der Waals surface area contributed by atoms with E-state index in [-0.39, 0.29) is 5.92 Å². The molecule has 3 nitrogen and oxygen atoms in total. The summed E-state index contributed by atoms with van der Waals surface area (Å²) in [5, 5.41) is -0.640. The van der Waals surface area contributed by atoms with Gasteiger partial charge >= 0.3 is 0 Å². The predicted molar refractivity (Wildman–Crippen MR) is 110 cm³/mol. The molecule has 0 aliphatic rings. The van der Waals surface area contributed by atoms with E-state index in [9.17, 15) is 8.42 Å². The van der Waals surface area contributed by atoms with Crippen LogP contribution in [0, 0.1) is 5.92 Å². The first kappa shape index (κ1) is 24.9. The minimum Gasteiger partial charge on any atom is -0.285 e. The molecule has 2 unspecified atom stereocenters. The fourth-order valence-electron chi connectivity index (χ4n) is 3.37. The zero-order valence-corrected chi connectivity index (χ0v) is 18.0. The molecule has 0 radical (unpaired) electrons. The van der Waals surface area contributed by atoms with Crippen LogP contribution in [0.15, 0.2) is 0 Å². The third kappa shape index (κ3) is 15.9. The Labute approximate surface area is 158 Å². The summed E-state index contributed by atoms with van der Waals surface area (Å²) in [5.41, 5.74) is 0. The van der Waals surface area contributed by atoms with E-state index in [0.29, 0.717) is 0 Å². The summed E-state index contributed by atoms with van der Waals surface area (Å²) in [6.07, 6.45) is 21.0. The van der Waals surface area contributed by atoms with Crippen LogP contribution in [0.2, 0.25) is 0 Å². The summed E-state index contributed by atoms with van der Waals surface area (Å²) >= 11 is 0. The molecule has 2 atom stereocenters. The Morgan fingerprint density at radius 1 is 0.640 bits per heavy atom. The molecular weight excluding hydrogens is 332 g/mol. The van der Waals surface area contributed by atoms with Gasteiger partial charge in [0, 0.05) is 0 Å². The average molecular weight is 377 g/mol.